The second-order valence-corrected chi connectivity index (χ2v) is 5.86. The van der Waals surface area contributed by atoms with Gasteiger partial charge in [0.15, 0.2) is 11.6 Å². The number of nitrogens with zero attached hydrogens (tertiary/aromatic N) is 3. The summed E-state index contributed by atoms with van der Waals surface area (Å²) in [5.41, 5.74) is 1.43. The Bertz CT molecular complexity index is 890. The molecule has 0 spiro atoms. The third kappa shape index (κ3) is 3.26. The molecule has 8 heteroatoms. The fourth-order valence-electron chi connectivity index (χ4n) is 1.89. The van der Waals surface area contributed by atoms with Crippen molar-refractivity contribution in [3.8, 4) is 5.75 Å². The van der Waals surface area contributed by atoms with Crippen molar-refractivity contribution in [1.29, 1.82) is 0 Å². The van der Waals surface area contributed by atoms with Gasteiger partial charge < -0.3 is 15.7 Å². The van der Waals surface area contributed by atoms with Crippen LogP contribution < -0.4 is 10.6 Å². The minimum atomic E-state index is -0.109. The Hall–Kier alpha value is -2.63. The predicted octanol–water partition coefficient (Wildman–Crippen LogP) is 5.04. The molecule has 0 saturated heterocycles. The van der Waals surface area contributed by atoms with Crippen LogP contribution >= 0.6 is 27.7 Å². The molecule has 3 aromatic rings. The van der Waals surface area contributed by atoms with Gasteiger partial charge in [0, 0.05) is 4.47 Å². The number of hydrogen-bond acceptors (Lipinski definition) is 6. The van der Waals surface area contributed by atoms with Gasteiger partial charge in [0.05, 0.1) is 29.7 Å². The van der Waals surface area contributed by atoms with Crippen molar-refractivity contribution in [1.82, 2.24) is 8.75 Å². The van der Waals surface area contributed by atoms with E-state index in [1.165, 1.54) is 0 Å². The zero-order chi connectivity index (χ0) is 16.2. The molecule has 3 N–H and O–H groups in total. The number of nitrogens with one attached hydrogen (secondary N) is 2. The zero-order valence-electron chi connectivity index (χ0n) is 11.6. The van der Waals surface area contributed by atoms with Crippen molar-refractivity contribution < 1.29 is 5.11 Å². The van der Waals surface area contributed by atoms with Gasteiger partial charge >= 0.3 is 0 Å². The number of para-hydroxylation sites is 2. The number of phenols is 1. The minimum absolute atomic E-state index is 0.109. The summed E-state index contributed by atoms with van der Waals surface area (Å²) < 4.78 is 9.30. The second kappa shape index (κ2) is 6.64. The number of aromatic hydroxyl groups is 1. The van der Waals surface area contributed by atoms with Crippen LogP contribution in [0.15, 0.2) is 46.9 Å². The molecule has 0 unspecified atom stereocenters. The minimum Gasteiger partial charge on any atom is -0.517 e. The van der Waals surface area contributed by atoms with E-state index in [0.717, 1.165) is 21.9 Å². The molecule has 0 aliphatic carbocycles. The number of rotatable bonds is 4. The fraction of sp³-hybridized carbons (Fsp3) is 0. The highest BCUT2D eigenvalue weighted by molar-refractivity contribution is 9.10. The molecule has 0 fully saturated rings. The Morgan fingerprint density at radius 3 is 2.35 bits per heavy atom. The smallest absolute Gasteiger partial charge is 0.230 e. The Morgan fingerprint density at radius 2 is 1.65 bits per heavy atom. The molecule has 0 saturated carbocycles. The third-order valence-electron chi connectivity index (χ3n) is 3.00. The van der Waals surface area contributed by atoms with Crippen LogP contribution in [0.1, 0.15) is 0 Å². The molecular formula is C15H10BrN5OS. The van der Waals surface area contributed by atoms with Gasteiger partial charge in [-0.3, -0.25) is 0 Å². The topological polar surface area (TPSA) is 74.4 Å². The molecule has 0 bridgehead atoms. The van der Waals surface area contributed by atoms with Gasteiger partial charge in [-0.1, -0.05) is 24.3 Å². The van der Waals surface area contributed by atoms with Crippen LogP contribution in [0.4, 0.5) is 28.7 Å². The van der Waals surface area contributed by atoms with E-state index in [-0.39, 0.29) is 11.4 Å². The first-order valence-electron chi connectivity index (χ1n) is 6.49. The van der Waals surface area contributed by atoms with Crippen molar-refractivity contribution in [2.75, 3.05) is 10.6 Å². The Balaban J connectivity index is 1.88. The summed E-state index contributed by atoms with van der Waals surface area (Å²) in [6, 6.07) is 12.6. The van der Waals surface area contributed by atoms with E-state index in [1.807, 2.05) is 24.3 Å². The maximum Gasteiger partial charge on any atom is 0.230 e. The molecule has 0 aliphatic rings. The van der Waals surface area contributed by atoms with E-state index < -0.39 is 0 Å². The molecular weight excluding hydrogens is 378 g/mol. The summed E-state index contributed by atoms with van der Waals surface area (Å²) in [6.45, 7) is 7.04. The summed E-state index contributed by atoms with van der Waals surface area (Å²) in [6.07, 6.45) is 0. The third-order valence-corrected chi connectivity index (χ3v) is 4.22. The monoisotopic (exact) mass is 387 g/mol. The molecule has 0 atom stereocenters. The van der Waals surface area contributed by atoms with Gasteiger partial charge in [0.25, 0.3) is 0 Å². The van der Waals surface area contributed by atoms with E-state index in [4.69, 9.17) is 6.57 Å². The van der Waals surface area contributed by atoms with E-state index in [1.54, 1.807) is 18.2 Å². The number of aromatic nitrogens is 2. The van der Waals surface area contributed by atoms with E-state index in [2.05, 4.69) is 40.2 Å². The summed E-state index contributed by atoms with van der Waals surface area (Å²) in [5, 5.41) is 16.2. The van der Waals surface area contributed by atoms with Crippen LogP contribution in [0, 0.1) is 6.57 Å². The van der Waals surface area contributed by atoms with Crippen LogP contribution in [0.25, 0.3) is 4.85 Å². The van der Waals surface area contributed by atoms with Crippen molar-refractivity contribution in [3.05, 3.63) is 58.4 Å². The summed E-state index contributed by atoms with van der Waals surface area (Å²) in [5.74, 6) is 0.903. The average molecular weight is 388 g/mol. The number of benzene rings is 2. The number of anilines is 4. The first-order chi connectivity index (χ1) is 11.2. The first-order valence-corrected chi connectivity index (χ1v) is 8.02. The molecule has 1 heterocycles. The van der Waals surface area contributed by atoms with Crippen LogP contribution in [-0.4, -0.2) is 13.9 Å². The molecule has 3 rings (SSSR count). The molecule has 23 heavy (non-hydrogen) atoms. The lowest BCUT2D eigenvalue weighted by atomic mass is 10.2. The lowest BCUT2D eigenvalue weighted by molar-refractivity contribution is 0.481. The van der Waals surface area contributed by atoms with E-state index in [0.29, 0.717) is 17.3 Å². The predicted molar refractivity (Wildman–Crippen MR) is 95.0 cm³/mol. The van der Waals surface area contributed by atoms with Crippen molar-refractivity contribution in [3.63, 3.8) is 0 Å². The largest absolute Gasteiger partial charge is 0.517 e. The van der Waals surface area contributed by atoms with Gasteiger partial charge in [-0.2, -0.15) is 8.75 Å². The summed E-state index contributed by atoms with van der Waals surface area (Å²) in [4.78, 5) is 3.27. The lowest BCUT2D eigenvalue weighted by Crippen LogP contribution is -1.98. The Kier molecular flexibility index (Phi) is 4.41. The van der Waals surface area contributed by atoms with Crippen molar-refractivity contribution in [2.45, 2.75) is 0 Å². The molecule has 0 amide bonds. The molecule has 0 aliphatic heterocycles. The van der Waals surface area contributed by atoms with Gasteiger partial charge in [-0.15, -0.1) is 0 Å². The van der Waals surface area contributed by atoms with Crippen LogP contribution in [0.3, 0.4) is 0 Å². The normalized spacial score (nSPS) is 10.1. The van der Waals surface area contributed by atoms with Crippen molar-refractivity contribution >= 4 is 56.4 Å². The van der Waals surface area contributed by atoms with Gasteiger partial charge in [-0.05, 0) is 34.1 Å². The van der Waals surface area contributed by atoms with Gasteiger partial charge in [-0.25, -0.2) is 4.85 Å². The standard InChI is InChI=1S/C15H10BrN5OS/c1-17-11-7-4-8-12(13(11)22)19-15-14(20-23-21-15)18-10-6-3-2-5-9(10)16/h2-8,22H,(H,18,20)(H,19,21). The number of phenolic OH excluding ortho intramolecular Hbond substituents is 1. The summed E-state index contributed by atoms with van der Waals surface area (Å²) >= 11 is 4.51. The van der Waals surface area contributed by atoms with Crippen LogP contribution in [0.5, 0.6) is 5.75 Å². The Morgan fingerprint density at radius 1 is 1.00 bits per heavy atom. The Labute approximate surface area is 145 Å². The van der Waals surface area contributed by atoms with Crippen LogP contribution in [0.2, 0.25) is 0 Å². The molecule has 6 nitrogen and oxygen atoms in total. The molecule has 114 valence electrons. The molecule has 2 aromatic carbocycles. The first kappa shape index (κ1) is 15.3. The average Bonchev–Trinajstić information content (AvgIpc) is 2.99. The highest BCUT2D eigenvalue weighted by Crippen LogP contribution is 2.37. The highest BCUT2D eigenvalue weighted by atomic mass is 79.9. The number of halogens is 1. The van der Waals surface area contributed by atoms with Gasteiger partial charge in [0.1, 0.15) is 5.75 Å². The summed E-state index contributed by atoms with van der Waals surface area (Å²) in [7, 11) is 0. The van der Waals surface area contributed by atoms with Gasteiger partial charge in [0.2, 0.25) is 5.69 Å². The fourth-order valence-corrected chi connectivity index (χ4v) is 2.74. The maximum absolute atomic E-state index is 10.1. The maximum atomic E-state index is 10.1. The molecule has 0 radical (unpaired) electrons. The van der Waals surface area contributed by atoms with E-state index >= 15 is 0 Å². The SMILES string of the molecule is [C-]#[N+]c1cccc(Nc2nsnc2Nc2ccccc2Br)c1O. The van der Waals surface area contributed by atoms with Crippen molar-refractivity contribution in [2.24, 2.45) is 0 Å². The lowest BCUT2D eigenvalue weighted by Gasteiger charge is -2.10. The number of hydrogen-bond donors (Lipinski definition) is 3. The second-order valence-electron chi connectivity index (χ2n) is 4.48. The van der Waals surface area contributed by atoms with E-state index in [9.17, 15) is 5.11 Å². The molecule has 1 aromatic heterocycles. The zero-order valence-corrected chi connectivity index (χ0v) is 14.0. The van der Waals surface area contributed by atoms with Crippen LogP contribution in [-0.2, 0) is 0 Å². The highest BCUT2D eigenvalue weighted by Gasteiger charge is 2.13. The quantitative estimate of drug-likeness (QED) is 0.431.